The lowest BCUT2D eigenvalue weighted by Gasteiger charge is -2.03. The molecule has 0 rings (SSSR count). The van der Waals surface area contributed by atoms with E-state index in [0.29, 0.717) is 0 Å². The Kier molecular flexibility index (Phi) is 15.3. The van der Waals surface area contributed by atoms with Crippen molar-refractivity contribution in [3.63, 3.8) is 0 Å². The van der Waals surface area contributed by atoms with Gasteiger partial charge in [-0.25, -0.2) is 0 Å². The standard InChI is InChI=1S/C13H32N2Si/c14-11-9-7-5-3-1-2-4-6-8-10-12-15-13-16/h15H,1-14H2,16H3. The van der Waals surface area contributed by atoms with Gasteiger partial charge >= 0.3 is 0 Å². The molecule has 98 valence electrons. The van der Waals surface area contributed by atoms with Crippen LogP contribution in [0, 0.1) is 0 Å². The largest absolute Gasteiger partial charge is 0.330 e. The van der Waals surface area contributed by atoms with Crippen LogP contribution in [0.4, 0.5) is 0 Å². The topological polar surface area (TPSA) is 38.0 Å². The Morgan fingerprint density at radius 3 is 1.56 bits per heavy atom. The molecule has 0 saturated carbocycles. The van der Waals surface area contributed by atoms with Crippen LogP contribution in [0.15, 0.2) is 0 Å². The lowest BCUT2D eigenvalue weighted by atomic mass is 10.1. The molecule has 0 bridgehead atoms. The molecule has 0 aliphatic heterocycles. The van der Waals surface area contributed by atoms with E-state index < -0.39 is 0 Å². The molecule has 0 aromatic rings. The average Bonchev–Trinajstić information content (AvgIpc) is 2.31. The Balaban J connectivity index is 2.83. The van der Waals surface area contributed by atoms with Gasteiger partial charge in [-0.05, 0) is 32.1 Å². The van der Waals surface area contributed by atoms with E-state index in [4.69, 9.17) is 5.73 Å². The Morgan fingerprint density at radius 1 is 0.688 bits per heavy atom. The highest BCUT2D eigenvalue weighted by Gasteiger charge is 1.92. The predicted octanol–water partition coefficient (Wildman–Crippen LogP) is 1.76. The van der Waals surface area contributed by atoms with E-state index in [0.717, 1.165) is 6.54 Å². The molecule has 0 atom stereocenters. The molecule has 0 radical (unpaired) electrons. The Morgan fingerprint density at radius 2 is 1.12 bits per heavy atom. The fraction of sp³-hybridized carbons (Fsp3) is 1.00. The highest BCUT2D eigenvalue weighted by Crippen LogP contribution is 2.09. The highest BCUT2D eigenvalue weighted by molar-refractivity contribution is 6.08. The second-order valence-electron chi connectivity index (χ2n) is 4.68. The van der Waals surface area contributed by atoms with Gasteiger partial charge in [0.15, 0.2) is 0 Å². The van der Waals surface area contributed by atoms with Crippen molar-refractivity contribution in [3.05, 3.63) is 0 Å². The van der Waals surface area contributed by atoms with Crippen molar-refractivity contribution in [1.82, 2.24) is 5.32 Å². The van der Waals surface area contributed by atoms with E-state index in [9.17, 15) is 0 Å². The zero-order valence-electron chi connectivity index (χ0n) is 11.3. The maximum absolute atomic E-state index is 5.46. The van der Waals surface area contributed by atoms with Gasteiger partial charge in [-0.1, -0.05) is 51.4 Å². The van der Waals surface area contributed by atoms with E-state index in [2.05, 4.69) is 5.32 Å². The number of hydrogen-bond acceptors (Lipinski definition) is 2. The zero-order valence-corrected chi connectivity index (χ0v) is 13.3. The Bertz CT molecular complexity index is 107. The van der Waals surface area contributed by atoms with Gasteiger partial charge in [0, 0.05) is 10.2 Å². The van der Waals surface area contributed by atoms with Gasteiger partial charge in [-0.15, -0.1) is 0 Å². The van der Waals surface area contributed by atoms with Crippen molar-refractivity contribution < 1.29 is 0 Å². The third kappa shape index (κ3) is 14.1. The first-order valence-corrected chi connectivity index (χ1v) is 8.74. The number of nitrogens with two attached hydrogens (primary N) is 1. The maximum Gasteiger partial charge on any atom is 0.0201 e. The fourth-order valence-electron chi connectivity index (χ4n) is 1.99. The van der Waals surface area contributed by atoms with Crippen LogP contribution in [0.25, 0.3) is 0 Å². The summed E-state index contributed by atoms with van der Waals surface area (Å²) in [7, 11) is 1.29. The summed E-state index contributed by atoms with van der Waals surface area (Å²) in [5.74, 6) is 0. The molecule has 0 aromatic heterocycles. The van der Waals surface area contributed by atoms with E-state index in [1.54, 1.807) is 0 Å². The van der Waals surface area contributed by atoms with Crippen LogP contribution >= 0.6 is 0 Å². The minimum absolute atomic E-state index is 0.869. The third-order valence-corrected chi connectivity index (χ3v) is 3.56. The molecule has 3 heteroatoms. The molecule has 0 amide bonds. The molecule has 2 nitrogen and oxygen atoms in total. The van der Waals surface area contributed by atoms with E-state index in [-0.39, 0.29) is 0 Å². The second kappa shape index (κ2) is 15.1. The van der Waals surface area contributed by atoms with Gasteiger partial charge in [-0.3, -0.25) is 0 Å². The molecule has 0 aliphatic carbocycles. The van der Waals surface area contributed by atoms with Crippen molar-refractivity contribution in [2.45, 2.75) is 64.2 Å². The Hall–Kier alpha value is 0.137. The quantitative estimate of drug-likeness (QED) is 0.383. The first kappa shape index (κ1) is 16.1. The summed E-state index contributed by atoms with van der Waals surface area (Å²) >= 11 is 0. The van der Waals surface area contributed by atoms with Crippen molar-refractivity contribution in [2.24, 2.45) is 5.73 Å². The molecule has 0 fully saturated rings. The van der Waals surface area contributed by atoms with E-state index >= 15 is 0 Å². The summed E-state index contributed by atoms with van der Waals surface area (Å²) in [6, 6.07) is 0. The van der Waals surface area contributed by atoms with Crippen LogP contribution in [0.1, 0.15) is 64.2 Å². The smallest absolute Gasteiger partial charge is 0.0201 e. The number of rotatable bonds is 13. The monoisotopic (exact) mass is 244 g/mol. The fourth-order valence-corrected chi connectivity index (χ4v) is 2.34. The van der Waals surface area contributed by atoms with Crippen molar-refractivity contribution in [2.75, 3.05) is 19.3 Å². The highest BCUT2D eigenvalue weighted by atomic mass is 28.1. The molecule has 16 heavy (non-hydrogen) atoms. The summed E-state index contributed by atoms with van der Waals surface area (Å²) in [5, 5.41) is 3.43. The Labute approximate surface area is 105 Å². The molecule has 0 saturated heterocycles. The average molecular weight is 244 g/mol. The van der Waals surface area contributed by atoms with Crippen LogP contribution in [0.2, 0.25) is 0 Å². The molecule has 0 heterocycles. The van der Waals surface area contributed by atoms with Crippen molar-refractivity contribution >= 4 is 10.2 Å². The lowest BCUT2D eigenvalue weighted by Crippen LogP contribution is -2.16. The molecule has 0 aliphatic rings. The molecule has 3 N–H and O–H groups in total. The summed E-state index contributed by atoms with van der Waals surface area (Å²) in [6.07, 6.45) is 15.2. The first-order valence-electron chi connectivity index (χ1n) is 7.32. The minimum Gasteiger partial charge on any atom is -0.330 e. The number of hydrogen-bond donors (Lipinski definition) is 2. The van der Waals surface area contributed by atoms with Gasteiger partial charge < -0.3 is 11.1 Å². The van der Waals surface area contributed by atoms with E-state index in [1.807, 2.05) is 0 Å². The third-order valence-electron chi connectivity index (χ3n) is 3.06. The molecule has 0 unspecified atom stereocenters. The van der Waals surface area contributed by atoms with Gasteiger partial charge in [0.2, 0.25) is 0 Å². The summed E-state index contributed by atoms with van der Waals surface area (Å²) in [5.41, 5.74) is 5.46. The van der Waals surface area contributed by atoms with Crippen LogP contribution in [-0.2, 0) is 0 Å². The molecular weight excluding hydrogens is 212 g/mol. The number of unbranched alkanes of at least 4 members (excludes halogenated alkanes) is 9. The van der Waals surface area contributed by atoms with Gasteiger partial charge in [0.05, 0.1) is 0 Å². The first-order chi connectivity index (χ1) is 7.91. The zero-order chi connectivity index (χ0) is 11.9. The van der Waals surface area contributed by atoms with Crippen LogP contribution in [0.5, 0.6) is 0 Å². The van der Waals surface area contributed by atoms with Gasteiger partial charge in [0.25, 0.3) is 0 Å². The van der Waals surface area contributed by atoms with Crippen molar-refractivity contribution in [3.8, 4) is 0 Å². The summed E-state index contributed by atoms with van der Waals surface area (Å²) in [4.78, 5) is 0. The molecule has 0 spiro atoms. The van der Waals surface area contributed by atoms with Crippen LogP contribution in [0.3, 0.4) is 0 Å². The summed E-state index contributed by atoms with van der Waals surface area (Å²) < 4.78 is 0. The minimum atomic E-state index is 0.869. The molecule has 0 aromatic carbocycles. The number of nitrogens with one attached hydrogen (secondary N) is 1. The van der Waals surface area contributed by atoms with Gasteiger partial charge in [0.1, 0.15) is 0 Å². The normalized spacial score (nSPS) is 11.1. The lowest BCUT2D eigenvalue weighted by molar-refractivity contribution is 0.547. The van der Waals surface area contributed by atoms with E-state index in [1.165, 1.54) is 87.2 Å². The summed E-state index contributed by atoms with van der Waals surface area (Å²) in [6.45, 7) is 2.11. The maximum atomic E-state index is 5.46. The second-order valence-corrected chi connectivity index (χ2v) is 5.38. The van der Waals surface area contributed by atoms with Crippen LogP contribution < -0.4 is 11.1 Å². The molecular formula is C13H32N2Si. The predicted molar refractivity (Wildman–Crippen MR) is 78.0 cm³/mol. The van der Waals surface area contributed by atoms with Gasteiger partial charge in [-0.2, -0.15) is 0 Å². The van der Waals surface area contributed by atoms with Crippen LogP contribution in [-0.4, -0.2) is 29.5 Å². The SMILES string of the molecule is NCCCCCCCCCCCCNC[SiH3]. The van der Waals surface area contributed by atoms with Crippen molar-refractivity contribution in [1.29, 1.82) is 0 Å².